The molecule has 1 aliphatic heterocycles. The summed E-state index contributed by atoms with van der Waals surface area (Å²) in [5, 5.41) is 9.12. The van der Waals surface area contributed by atoms with Gasteiger partial charge >= 0.3 is 0 Å². The number of rotatable bonds is 6. The number of aliphatic hydroxyl groups is 1. The minimum atomic E-state index is 0.311. The first-order chi connectivity index (χ1) is 9.70. The Balaban J connectivity index is 1.78. The van der Waals surface area contributed by atoms with E-state index in [0.717, 1.165) is 43.8 Å². The Bertz CT molecular complexity index is 445. The van der Waals surface area contributed by atoms with Crippen LogP contribution < -0.4 is 10.5 Å². The summed E-state index contributed by atoms with van der Waals surface area (Å²) in [6, 6.07) is 7.60. The predicted octanol–water partition coefficient (Wildman–Crippen LogP) is 1.40. The van der Waals surface area contributed by atoms with Gasteiger partial charge in [-0.05, 0) is 44.0 Å². The number of piperidine rings is 1. The molecule has 2 rings (SSSR count). The van der Waals surface area contributed by atoms with E-state index in [9.17, 15) is 0 Å². The van der Waals surface area contributed by atoms with E-state index < -0.39 is 0 Å². The summed E-state index contributed by atoms with van der Waals surface area (Å²) in [6.45, 7) is 3.90. The number of benzene rings is 1. The molecule has 20 heavy (non-hydrogen) atoms. The minimum Gasteiger partial charge on any atom is -0.492 e. The van der Waals surface area contributed by atoms with Crippen LogP contribution in [0.25, 0.3) is 0 Å². The number of thiocarbonyl (C=S) groups is 1. The van der Waals surface area contributed by atoms with Gasteiger partial charge in [0.05, 0.1) is 5.56 Å². The van der Waals surface area contributed by atoms with Crippen LogP contribution in [-0.2, 0) is 0 Å². The average molecular weight is 294 g/mol. The monoisotopic (exact) mass is 294 g/mol. The summed E-state index contributed by atoms with van der Waals surface area (Å²) in [5.74, 6) is 1.23. The first-order valence-corrected chi connectivity index (χ1v) is 7.46. The van der Waals surface area contributed by atoms with Gasteiger partial charge in [0.25, 0.3) is 0 Å². The molecule has 0 bridgehead atoms. The number of nitrogens with zero attached hydrogens (tertiary/aromatic N) is 1. The zero-order valence-corrected chi connectivity index (χ0v) is 12.4. The predicted molar refractivity (Wildman–Crippen MR) is 84.1 cm³/mol. The van der Waals surface area contributed by atoms with E-state index in [1.54, 1.807) is 0 Å². The van der Waals surface area contributed by atoms with Gasteiger partial charge in [-0.25, -0.2) is 0 Å². The third kappa shape index (κ3) is 4.16. The summed E-state index contributed by atoms with van der Waals surface area (Å²) >= 11 is 5.02. The molecule has 5 heteroatoms. The summed E-state index contributed by atoms with van der Waals surface area (Å²) < 4.78 is 5.80. The topological polar surface area (TPSA) is 58.7 Å². The van der Waals surface area contributed by atoms with Gasteiger partial charge in [-0.2, -0.15) is 0 Å². The van der Waals surface area contributed by atoms with Crippen molar-refractivity contribution in [2.45, 2.75) is 12.8 Å². The van der Waals surface area contributed by atoms with Crippen LogP contribution in [0.3, 0.4) is 0 Å². The lowest BCUT2D eigenvalue weighted by Crippen LogP contribution is -2.37. The summed E-state index contributed by atoms with van der Waals surface area (Å²) in [7, 11) is 0. The fourth-order valence-electron chi connectivity index (χ4n) is 2.47. The molecule has 0 unspecified atom stereocenters. The quantitative estimate of drug-likeness (QED) is 0.777. The van der Waals surface area contributed by atoms with Crippen molar-refractivity contribution in [1.82, 2.24) is 4.90 Å². The van der Waals surface area contributed by atoms with Crippen LogP contribution in [0, 0.1) is 5.92 Å². The number of ether oxygens (including phenoxy) is 1. The lowest BCUT2D eigenvalue weighted by atomic mass is 9.98. The van der Waals surface area contributed by atoms with Gasteiger partial charge in [-0.15, -0.1) is 0 Å². The number of hydrogen-bond donors (Lipinski definition) is 2. The van der Waals surface area contributed by atoms with Gasteiger partial charge in [0.15, 0.2) is 0 Å². The maximum absolute atomic E-state index is 9.12. The molecule has 0 amide bonds. The Morgan fingerprint density at radius 2 is 2.05 bits per heavy atom. The van der Waals surface area contributed by atoms with Gasteiger partial charge in [0.2, 0.25) is 0 Å². The van der Waals surface area contributed by atoms with Crippen molar-refractivity contribution in [3.63, 3.8) is 0 Å². The number of nitrogens with two attached hydrogens (primary N) is 1. The largest absolute Gasteiger partial charge is 0.492 e. The van der Waals surface area contributed by atoms with Gasteiger partial charge in [0.1, 0.15) is 17.3 Å². The fraction of sp³-hybridized carbons (Fsp3) is 0.533. The molecule has 1 saturated heterocycles. The van der Waals surface area contributed by atoms with Crippen molar-refractivity contribution >= 4 is 17.2 Å². The number of para-hydroxylation sites is 1. The summed E-state index contributed by atoms with van der Waals surface area (Å²) in [4.78, 5) is 2.74. The standard InChI is InChI=1S/C15H22N2O2S/c16-15(20)13-3-1-2-4-14(13)19-10-9-17-7-5-12(11-18)6-8-17/h1-4,12,18H,5-11H2,(H2,16,20). The van der Waals surface area contributed by atoms with Crippen LogP contribution in [0.2, 0.25) is 0 Å². The van der Waals surface area contributed by atoms with Crippen LogP contribution in [0.1, 0.15) is 18.4 Å². The van der Waals surface area contributed by atoms with Crippen molar-refractivity contribution in [3.8, 4) is 5.75 Å². The lowest BCUT2D eigenvalue weighted by Gasteiger charge is -2.30. The third-order valence-corrected chi connectivity index (χ3v) is 4.00. The summed E-state index contributed by atoms with van der Waals surface area (Å²) in [6.07, 6.45) is 2.14. The molecule has 0 aromatic heterocycles. The number of hydrogen-bond acceptors (Lipinski definition) is 4. The Kier molecular flexibility index (Phi) is 5.76. The molecule has 1 aliphatic rings. The summed E-state index contributed by atoms with van der Waals surface area (Å²) in [5.41, 5.74) is 6.47. The van der Waals surface area contributed by atoms with Gasteiger partial charge in [-0.1, -0.05) is 24.4 Å². The van der Waals surface area contributed by atoms with Crippen LogP contribution in [-0.4, -0.2) is 47.8 Å². The molecule has 0 atom stereocenters. The van der Waals surface area contributed by atoms with Gasteiger partial charge in [0, 0.05) is 13.2 Å². The molecular weight excluding hydrogens is 272 g/mol. The van der Waals surface area contributed by atoms with Crippen molar-refractivity contribution < 1.29 is 9.84 Å². The third-order valence-electron chi connectivity index (χ3n) is 3.78. The Morgan fingerprint density at radius 3 is 2.70 bits per heavy atom. The molecule has 0 aliphatic carbocycles. The van der Waals surface area contributed by atoms with Gasteiger partial charge < -0.3 is 15.6 Å². The maximum Gasteiger partial charge on any atom is 0.129 e. The molecular formula is C15H22N2O2S. The molecule has 1 aromatic rings. The highest BCUT2D eigenvalue weighted by Crippen LogP contribution is 2.19. The van der Waals surface area contributed by atoms with Crippen LogP contribution >= 0.6 is 12.2 Å². The first-order valence-electron chi connectivity index (χ1n) is 7.05. The number of aliphatic hydroxyl groups excluding tert-OH is 1. The van der Waals surface area contributed by atoms with E-state index in [0.29, 0.717) is 24.1 Å². The van der Waals surface area contributed by atoms with Crippen molar-refractivity contribution in [2.24, 2.45) is 11.7 Å². The van der Waals surface area contributed by atoms with Crippen LogP contribution in [0.15, 0.2) is 24.3 Å². The molecule has 110 valence electrons. The Hall–Kier alpha value is -1.17. The Labute approximate surface area is 125 Å². The van der Waals surface area contributed by atoms with Gasteiger partial charge in [-0.3, -0.25) is 4.90 Å². The first kappa shape index (κ1) is 15.2. The highest BCUT2D eigenvalue weighted by molar-refractivity contribution is 7.80. The van der Waals surface area contributed by atoms with Crippen molar-refractivity contribution in [3.05, 3.63) is 29.8 Å². The zero-order valence-electron chi connectivity index (χ0n) is 11.6. The second-order valence-corrected chi connectivity index (χ2v) is 5.62. The second-order valence-electron chi connectivity index (χ2n) is 5.18. The zero-order chi connectivity index (χ0) is 14.4. The lowest BCUT2D eigenvalue weighted by molar-refractivity contribution is 0.118. The van der Waals surface area contributed by atoms with Crippen LogP contribution in [0.5, 0.6) is 5.75 Å². The molecule has 1 fully saturated rings. The smallest absolute Gasteiger partial charge is 0.129 e. The maximum atomic E-state index is 9.12. The van der Waals surface area contributed by atoms with E-state index in [-0.39, 0.29) is 0 Å². The molecule has 0 radical (unpaired) electrons. The minimum absolute atomic E-state index is 0.311. The van der Waals surface area contributed by atoms with E-state index in [4.69, 9.17) is 27.8 Å². The molecule has 1 heterocycles. The highest BCUT2D eigenvalue weighted by atomic mass is 32.1. The Morgan fingerprint density at radius 1 is 1.35 bits per heavy atom. The van der Waals surface area contributed by atoms with E-state index in [1.807, 2.05) is 24.3 Å². The van der Waals surface area contributed by atoms with E-state index in [1.165, 1.54) is 0 Å². The average Bonchev–Trinajstić information content (AvgIpc) is 2.48. The SMILES string of the molecule is NC(=S)c1ccccc1OCCN1CCC(CO)CC1. The van der Waals surface area contributed by atoms with Crippen molar-refractivity contribution in [2.75, 3.05) is 32.8 Å². The molecule has 0 spiro atoms. The highest BCUT2D eigenvalue weighted by Gasteiger charge is 2.18. The van der Waals surface area contributed by atoms with E-state index in [2.05, 4.69) is 4.90 Å². The molecule has 1 aromatic carbocycles. The molecule has 4 nitrogen and oxygen atoms in total. The number of likely N-dealkylation sites (tertiary alicyclic amines) is 1. The molecule has 0 saturated carbocycles. The van der Waals surface area contributed by atoms with E-state index >= 15 is 0 Å². The van der Waals surface area contributed by atoms with Crippen LogP contribution in [0.4, 0.5) is 0 Å². The normalized spacial score (nSPS) is 17.1. The van der Waals surface area contributed by atoms with Crippen molar-refractivity contribution in [1.29, 1.82) is 0 Å². The molecule has 3 N–H and O–H groups in total. The fourth-order valence-corrected chi connectivity index (χ4v) is 2.64. The second kappa shape index (κ2) is 7.57.